The summed E-state index contributed by atoms with van der Waals surface area (Å²) in [5, 5.41) is 10.0. The first-order valence-corrected chi connectivity index (χ1v) is 10.7. The molecule has 120 valence electrons. The molecule has 0 amide bonds. The highest BCUT2D eigenvalue weighted by atomic mass is 35.5. The van der Waals surface area contributed by atoms with Crippen LogP contribution in [0.4, 0.5) is 0 Å². The molecule has 0 radical (unpaired) electrons. The van der Waals surface area contributed by atoms with Crippen molar-refractivity contribution in [1.82, 2.24) is 0 Å². The van der Waals surface area contributed by atoms with Gasteiger partial charge in [-0.1, -0.05) is 38.4 Å². The van der Waals surface area contributed by atoms with Crippen molar-refractivity contribution in [2.45, 2.75) is 51.7 Å². The van der Waals surface area contributed by atoms with Crippen molar-refractivity contribution in [3.05, 3.63) is 23.2 Å². The van der Waals surface area contributed by atoms with Crippen molar-refractivity contribution < 1.29 is 14.3 Å². The van der Waals surface area contributed by atoms with Crippen LogP contribution >= 0.6 is 11.6 Å². The number of rotatable bonds is 7. The Labute approximate surface area is 134 Å². The van der Waals surface area contributed by atoms with Gasteiger partial charge in [-0.15, -0.1) is 0 Å². The van der Waals surface area contributed by atoms with Crippen LogP contribution in [0.5, 0.6) is 11.5 Å². The van der Waals surface area contributed by atoms with E-state index in [0.29, 0.717) is 12.4 Å². The summed E-state index contributed by atoms with van der Waals surface area (Å²) in [7, 11) is -1.64. The standard InChI is InChI=1S/C16H27ClO3Si/c1-16(2,3)21(4,5)20-12-7-6-11-19-14-10-8-9-13(18)15(14)17/h8-10,18H,6-7,11-12H2,1-5H3. The molecule has 0 aliphatic rings. The monoisotopic (exact) mass is 330 g/mol. The molecule has 0 heterocycles. The summed E-state index contributed by atoms with van der Waals surface area (Å²) in [5.74, 6) is 0.581. The number of phenols is 1. The summed E-state index contributed by atoms with van der Waals surface area (Å²) < 4.78 is 11.7. The van der Waals surface area contributed by atoms with E-state index in [1.54, 1.807) is 18.2 Å². The van der Waals surface area contributed by atoms with Gasteiger partial charge in [-0.25, -0.2) is 0 Å². The van der Waals surface area contributed by atoms with Gasteiger partial charge in [0.25, 0.3) is 0 Å². The molecule has 0 spiro atoms. The maximum absolute atomic E-state index is 9.48. The van der Waals surface area contributed by atoms with Crippen LogP contribution in [0.1, 0.15) is 33.6 Å². The molecule has 0 fully saturated rings. The molecule has 0 unspecified atom stereocenters. The second kappa shape index (κ2) is 7.52. The highest BCUT2D eigenvalue weighted by Gasteiger charge is 2.36. The Hall–Kier alpha value is -0.713. The minimum atomic E-state index is -1.64. The largest absolute Gasteiger partial charge is 0.506 e. The van der Waals surface area contributed by atoms with Gasteiger partial charge in [0.05, 0.1) is 6.61 Å². The lowest BCUT2D eigenvalue weighted by Gasteiger charge is -2.36. The number of phenolic OH excluding ortho intramolecular Hbond substituents is 1. The van der Waals surface area contributed by atoms with Gasteiger partial charge in [0.15, 0.2) is 8.32 Å². The molecule has 1 N–H and O–H groups in total. The number of benzene rings is 1. The van der Waals surface area contributed by atoms with Gasteiger partial charge >= 0.3 is 0 Å². The Morgan fingerprint density at radius 1 is 1.14 bits per heavy atom. The lowest BCUT2D eigenvalue weighted by molar-refractivity contribution is 0.252. The van der Waals surface area contributed by atoms with Gasteiger partial charge in [-0.2, -0.15) is 0 Å². The van der Waals surface area contributed by atoms with E-state index in [1.165, 1.54) is 0 Å². The van der Waals surface area contributed by atoms with Gasteiger partial charge in [0.1, 0.15) is 16.5 Å². The van der Waals surface area contributed by atoms with Crippen LogP contribution in [0.2, 0.25) is 23.2 Å². The van der Waals surface area contributed by atoms with E-state index in [9.17, 15) is 5.11 Å². The maximum atomic E-state index is 9.48. The van der Waals surface area contributed by atoms with Crippen LogP contribution in [-0.4, -0.2) is 26.6 Å². The van der Waals surface area contributed by atoms with Gasteiger partial charge in [-0.05, 0) is 43.1 Å². The van der Waals surface area contributed by atoms with Crippen molar-refractivity contribution in [3.63, 3.8) is 0 Å². The van der Waals surface area contributed by atoms with Gasteiger partial charge < -0.3 is 14.3 Å². The minimum Gasteiger partial charge on any atom is -0.506 e. The zero-order chi connectivity index (χ0) is 16.1. The number of hydrogen-bond acceptors (Lipinski definition) is 3. The Bertz CT molecular complexity index is 455. The van der Waals surface area contributed by atoms with Crippen molar-refractivity contribution in [2.24, 2.45) is 0 Å². The summed E-state index contributed by atoms with van der Waals surface area (Å²) >= 11 is 5.95. The van der Waals surface area contributed by atoms with Gasteiger partial charge in [-0.3, -0.25) is 0 Å². The minimum absolute atomic E-state index is 0.0513. The van der Waals surface area contributed by atoms with E-state index in [0.717, 1.165) is 19.4 Å². The summed E-state index contributed by atoms with van der Waals surface area (Å²) in [6.45, 7) is 12.6. The molecule has 0 saturated heterocycles. The zero-order valence-electron chi connectivity index (χ0n) is 13.7. The lowest BCUT2D eigenvalue weighted by Crippen LogP contribution is -2.41. The average molecular weight is 331 g/mol. The second-order valence-electron chi connectivity index (χ2n) is 6.75. The number of halogens is 1. The van der Waals surface area contributed by atoms with E-state index < -0.39 is 8.32 Å². The highest BCUT2D eigenvalue weighted by Crippen LogP contribution is 2.36. The zero-order valence-corrected chi connectivity index (χ0v) is 15.5. The molecule has 3 nitrogen and oxygen atoms in total. The van der Waals surface area contributed by atoms with Crippen LogP contribution in [-0.2, 0) is 4.43 Å². The number of aromatic hydroxyl groups is 1. The molecule has 1 rings (SSSR count). The Kier molecular flexibility index (Phi) is 6.57. The van der Waals surface area contributed by atoms with Crippen LogP contribution < -0.4 is 4.74 Å². The Morgan fingerprint density at radius 2 is 1.76 bits per heavy atom. The molecule has 0 aliphatic heterocycles. The summed E-state index contributed by atoms with van der Waals surface area (Å²) in [6, 6.07) is 5.02. The molecule has 21 heavy (non-hydrogen) atoms. The van der Waals surface area contributed by atoms with Crippen molar-refractivity contribution in [2.75, 3.05) is 13.2 Å². The molecule has 0 bridgehead atoms. The number of ether oxygens (including phenoxy) is 1. The highest BCUT2D eigenvalue weighted by molar-refractivity contribution is 6.74. The third-order valence-corrected chi connectivity index (χ3v) is 8.93. The Morgan fingerprint density at radius 3 is 2.38 bits per heavy atom. The maximum Gasteiger partial charge on any atom is 0.191 e. The van der Waals surface area contributed by atoms with Crippen molar-refractivity contribution in [1.29, 1.82) is 0 Å². The molecular formula is C16H27ClO3Si. The molecule has 5 heteroatoms. The predicted molar refractivity (Wildman–Crippen MR) is 91.0 cm³/mol. The van der Waals surface area contributed by atoms with Crippen molar-refractivity contribution in [3.8, 4) is 11.5 Å². The molecule has 0 aromatic heterocycles. The quantitative estimate of drug-likeness (QED) is 0.549. The number of unbranched alkanes of at least 4 members (excludes halogenated alkanes) is 1. The van der Waals surface area contributed by atoms with E-state index in [1.807, 2.05) is 0 Å². The number of hydrogen-bond donors (Lipinski definition) is 1. The topological polar surface area (TPSA) is 38.7 Å². The van der Waals surface area contributed by atoms with E-state index in [-0.39, 0.29) is 15.8 Å². The molecule has 0 aliphatic carbocycles. The van der Waals surface area contributed by atoms with Crippen molar-refractivity contribution >= 4 is 19.9 Å². The fraction of sp³-hybridized carbons (Fsp3) is 0.625. The van der Waals surface area contributed by atoms with E-state index in [4.69, 9.17) is 20.8 Å². The SMILES string of the molecule is CC(C)(C)[Si](C)(C)OCCCCOc1cccc(O)c1Cl. The van der Waals surface area contributed by atoms with Crippen LogP contribution in [0.3, 0.4) is 0 Å². The molecule has 1 aromatic rings. The molecule has 1 aromatic carbocycles. The molecule has 0 atom stereocenters. The third-order valence-electron chi connectivity index (χ3n) is 4.01. The van der Waals surface area contributed by atoms with Crippen LogP contribution in [0, 0.1) is 0 Å². The van der Waals surface area contributed by atoms with Gasteiger partial charge in [0.2, 0.25) is 0 Å². The van der Waals surface area contributed by atoms with E-state index in [2.05, 4.69) is 33.9 Å². The molecule has 0 saturated carbocycles. The second-order valence-corrected chi connectivity index (χ2v) is 11.9. The average Bonchev–Trinajstić information content (AvgIpc) is 2.37. The van der Waals surface area contributed by atoms with Crippen LogP contribution in [0.25, 0.3) is 0 Å². The van der Waals surface area contributed by atoms with E-state index >= 15 is 0 Å². The lowest BCUT2D eigenvalue weighted by atomic mass is 10.2. The predicted octanol–water partition coefficient (Wildman–Crippen LogP) is 5.23. The fourth-order valence-electron chi connectivity index (χ4n) is 1.54. The third kappa shape index (κ3) is 5.53. The summed E-state index contributed by atoms with van der Waals surface area (Å²) in [5.41, 5.74) is 0. The van der Waals surface area contributed by atoms with Crippen LogP contribution in [0.15, 0.2) is 18.2 Å². The van der Waals surface area contributed by atoms with Gasteiger partial charge in [0, 0.05) is 6.61 Å². The smallest absolute Gasteiger partial charge is 0.191 e. The normalized spacial score (nSPS) is 12.5. The first-order valence-electron chi connectivity index (χ1n) is 7.39. The fourth-order valence-corrected chi connectivity index (χ4v) is 2.81. The summed E-state index contributed by atoms with van der Waals surface area (Å²) in [6.07, 6.45) is 1.86. The molecular weight excluding hydrogens is 304 g/mol. The summed E-state index contributed by atoms with van der Waals surface area (Å²) in [4.78, 5) is 0. The first-order chi connectivity index (χ1) is 9.65. The Balaban J connectivity index is 2.25. The first kappa shape index (κ1) is 18.3.